The second-order valence-corrected chi connectivity index (χ2v) is 9.33. The van der Waals surface area contributed by atoms with E-state index in [4.69, 9.17) is 23.2 Å². The summed E-state index contributed by atoms with van der Waals surface area (Å²) in [5.74, 6) is 0.0131. The van der Waals surface area contributed by atoms with Crippen LogP contribution in [0.15, 0.2) is 58.1 Å². The predicted octanol–water partition coefficient (Wildman–Crippen LogP) is 5.72. The highest BCUT2D eigenvalue weighted by molar-refractivity contribution is 7.99. The number of pyridine rings is 1. The zero-order chi connectivity index (χ0) is 22.5. The average molecular weight is 489 g/mol. The van der Waals surface area contributed by atoms with E-state index >= 15 is 0 Å². The number of nitrogens with zero attached hydrogens (tertiary/aromatic N) is 3. The van der Waals surface area contributed by atoms with E-state index in [0.717, 1.165) is 19.3 Å². The molecule has 0 aliphatic heterocycles. The highest BCUT2D eigenvalue weighted by atomic mass is 35.5. The fourth-order valence-corrected chi connectivity index (χ4v) is 4.90. The summed E-state index contributed by atoms with van der Waals surface area (Å²) in [6.07, 6.45) is 9.11. The molecule has 1 amide bonds. The normalized spacial score (nSPS) is 13.8. The minimum absolute atomic E-state index is 0.0636. The molecule has 1 aliphatic rings. The number of anilines is 1. The molecule has 166 valence electrons. The Balaban J connectivity index is 1.54. The highest BCUT2D eigenvalue weighted by Gasteiger charge is 2.15. The first-order valence-corrected chi connectivity index (χ1v) is 12.2. The molecule has 4 rings (SSSR count). The Morgan fingerprint density at radius 3 is 2.84 bits per heavy atom. The molecule has 3 aromatic rings. The van der Waals surface area contributed by atoms with Crippen LogP contribution in [-0.4, -0.2) is 26.2 Å². The molecule has 9 heteroatoms. The molecule has 0 fully saturated rings. The molecule has 32 heavy (non-hydrogen) atoms. The Labute approximate surface area is 200 Å². The molecule has 6 nitrogen and oxygen atoms in total. The predicted molar refractivity (Wildman–Crippen MR) is 131 cm³/mol. The molecule has 0 unspecified atom stereocenters. The van der Waals surface area contributed by atoms with E-state index in [0.29, 0.717) is 27.6 Å². The summed E-state index contributed by atoms with van der Waals surface area (Å²) in [6.45, 7) is 0.539. The van der Waals surface area contributed by atoms with Crippen LogP contribution in [0.4, 0.5) is 5.82 Å². The minimum Gasteiger partial charge on any atom is -0.309 e. The smallest absolute Gasteiger partial charge is 0.262 e. The number of hydrogen-bond donors (Lipinski definition) is 1. The number of nitrogens with one attached hydrogen (secondary N) is 1. The lowest BCUT2D eigenvalue weighted by molar-refractivity contribution is -0.113. The van der Waals surface area contributed by atoms with Gasteiger partial charge in [-0.3, -0.25) is 14.2 Å². The van der Waals surface area contributed by atoms with Gasteiger partial charge in [-0.15, -0.1) is 0 Å². The lowest BCUT2D eigenvalue weighted by Gasteiger charge is -2.16. The molecule has 0 atom stereocenters. The first-order chi connectivity index (χ1) is 15.5. The molecule has 0 saturated heterocycles. The van der Waals surface area contributed by atoms with E-state index in [1.165, 1.54) is 42.4 Å². The Morgan fingerprint density at radius 1 is 1.22 bits per heavy atom. The summed E-state index contributed by atoms with van der Waals surface area (Å²) in [5, 5.41) is 4.43. The van der Waals surface area contributed by atoms with Crippen molar-refractivity contribution in [3.05, 3.63) is 68.6 Å². The van der Waals surface area contributed by atoms with Gasteiger partial charge in [0.25, 0.3) is 5.56 Å². The van der Waals surface area contributed by atoms with Gasteiger partial charge in [0.05, 0.1) is 26.7 Å². The van der Waals surface area contributed by atoms with Crippen molar-refractivity contribution in [2.45, 2.75) is 43.8 Å². The van der Waals surface area contributed by atoms with Crippen LogP contribution < -0.4 is 10.9 Å². The Hall–Kier alpha value is -2.35. The van der Waals surface area contributed by atoms with E-state index in [9.17, 15) is 9.59 Å². The van der Waals surface area contributed by atoms with Gasteiger partial charge in [0, 0.05) is 12.7 Å². The fraction of sp³-hybridized carbons (Fsp3) is 0.304. The monoisotopic (exact) mass is 488 g/mol. The van der Waals surface area contributed by atoms with Crippen LogP contribution in [0.2, 0.25) is 10.0 Å². The van der Waals surface area contributed by atoms with Gasteiger partial charge in [0.15, 0.2) is 11.0 Å². The van der Waals surface area contributed by atoms with Gasteiger partial charge >= 0.3 is 0 Å². The van der Waals surface area contributed by atoms with Gasteiger partial charge in [0.2, 0.25) is 5.91 Å². The third-order valence-electron chi connectivity index (χ3n) is 5.27. The van der Waals surface area contributed by atoms with Gasteiger partial charge in [-0.25, -0.2) is 9.97 Å². The molecule has 0 radical (unpaired) electrons. The maximum atomic E-state index is 13.2. The van der Waals surface area contributed by atoms with Gasteiger partial charge in [0.1, 0.15) is 0 Å². The third-order valence-corrected chi connectivity index (χ3v) is 6.74. The largest absolute Gasteiger partial charge is 0.309 e. The second-order valence-electron chi connectivity index (χ2n) is 7.55. The van der Waals surface area contributed by atoms with Crippen molar-refractivity contribution in [1.29, 1.82) is 0 Å². The van der Waals surface area contributed by atoms with Gasteiger partial charge in [-0.1, -0.05) is 58.7 Å². The Morgan fingerprint density at radius 2 is 2.06 bits per heavy atom. The molecular weight excluding hydrogens is 467 g/mol. The number of rotatable bonds is 7. The molecule has 1 aromatic carbocycles. The zero-order valence-corrected chi connectivity index (χ0v) is 19.6. The van der Waals surface area contributed by atoms with Crippen molar-refractivity contribution >= 4 is 57.6 Å². The molecule has 2 aromatic heterocycles. The number of aromatic nitrogens is 3. The molecule has 0 bridgehead atoms. The average Bonchev–Trinajstić information content (AvgIpc) is 2.80. The molecule has 1 aliphatic carbocycles. The first kappa shape index (κ1) is 22.8. The lowest BCUT2D eigenvalue weighted by atomic mass is 9.97. The van der Waals surface area contributed by atoms with E-state index in [-0.39, 0.29) is 28.1 Å². The van der Waals surface area contributed by atoms with Crippen molar-refractivity contribution < 1.29 is 4.79 Å². The molecule has 0 spiro atoms. The number of carbonyl (C=O) groups is 1. The van der Waals surface area contributed by atoms with Crippen molar-refractivity contribution in [2.24, 2.45) is 0 Å². The molecule has 1 N–H and O–H groups in total. The summed E-state index contributed by atoms with van der Waals surface area (Å²) in [4.78, 5) is 34.4. The Bertz CT molecular complexity index is 1240. The number of benzene rings is 1. The number of halogens is 2. The maximum Gasteiger partial charge on any atom is 0.262 e. The van der Waals surface area contributed by atoms with Crippen molar-refractivity contribution in [3.8, 4) is 0 Å². The number of thioether (sulfide) groups is 1. The number of carbonyl (C=O) groups excluding carboxylic acids is 1. The van der Waals surface area contributed by atoms with Crippen LogP contribution in [0.1, 0.15) is 32.1 Å². The highest BCUT2D eigenvalue weighted by Crippen LogP contribution is 2.25. The number of para-hydroxylation sites is 1. The van der Waals surface area contributed by atoms with E-state index < -0.39 is 0 Å². The van der Waals surface area contributed by atoms with Crippen LogP contribution in [0, 0.1) is 0 Å². The molecular formula is C23H22Cl2N4O2S. The summed E-state index contributed by atoms with van der Waals surface area (Å²) in [7, 11) is 0. The molecule has 2 heterocycles. The summed E-state index contributed by atoms with van der Waals surface area (Å²) in [6, 6.07) is 8.80. The summed E-state index contributed by atoms with van der Waals surface area (Å²) < 4.78 is 1.68. The number of hydrogen-bond acceptors (Lipinski definition) is 5. The minimum atomic E-state index is -0.296. The van der Waals surface area contributed by atoms with Crippen molar-refractivity contribution in [2.75, 3.05) is 11.1 Å². The Kier molecular flexibility index (Phi) is 7.50. The number of fused-ring (bicyclic) bond motifs is 1. The third kappa shape index (κ3) is 5.52. The maximum absolute atomic E-state index is 13.2. The lowest BCUT2D eigenvalue weighted by Crippen LogP contribution is -2.25. The van der Waals surface area contributed by atoms with Gasteiger partial charge < -0.3 is 5.32 Å². The SMILES string of the molecule is O=C(CSc1nc2ccccc2c(=O)n1CCC1=CCCCC1)Nc1ncc(Cl)cc1Cl. The van der Waals surface area contributed by atoms with Crippen LogP contribution in [0.5, 0.6) is 0 Å². The van der Waals surface area contributed by atoms with E-state index in [1.807, 2.05) is 18.2 Å². The van der Waals surface area contributed by atoms with Crippen LogP contribution >= 0.6 is 35.0 Å². The standard InChI is InChI=1S/C23H22Cl2N4O2S/c24-16-12-18(25)21(26-13-16)28-20(30)14-32-23-27-19-9-5-4-8-17(19)22(31)29(23)11-10-15-6-2-1-3-7-15/h4-6,8-9,12-13H,1-3,7,10-11,14H2,(H,26,28,30). The van der Waals surface area contributed by atoms with Gasteiger partial charge in [-0.2, -0.15) is 0 Å². The topological polar surface area (TPSA) is 76.9 Å². The number of amides is 1. The van der Waals surface area contributed by atoms with Crippen LogP contribution in [0.3, 0.4) is 0 Å². The van der Waals surface area contributed by atoms with Crippen molar-refractivity contribution in [1.82, 2.24) is 14.5 Å². The van der Waals surface area contributed by atoms with Crippen LogP contribution in [0.25, 0.3) is 10.9 Å². The van der Waals surface area contributed by atoms with E-state index in [1.54, 1.807) is 10.6 Å². The second kappa shape index (κ2) is 10.5. The first-order valence-electron chi connectivity index (χ1n) is 10.4. The molecule has 0 saturated carbocycles. The van der Waals surface area contributed by atoms with Gasteiger partial charge in [-0.05, 0) is 50.3 Å². The van der Waals surface area contributed by atoms with E-state index in [2.05, 4.69) is 21.4 Å². The number of allylic oxidation sites excluding steroid dienone is 2. The summed E-state index contributed by atoms with van der Waals surface area (Å²) in [5.41, 5.74) is 1.92. The quantitative estimate of drug-likeness (QED) is 0.261. The van der Waals surface area contributed by atoms with Crippen molar-refractivity contribution in [3.63, 3.8) is 0 Å². The fourth-order valence-electron chi connectivity index (χ4n) is 3.65. The zero-order valence-electron chi connectivity index (χ0n) is 17.3. The van der Waals surface area contributed by atoms with Crippen LogP contribution in [-0.2, 0) is 11.3 Å². The summed E-state index contributed by atoms with van der Waals surface area (Å²) >= 11 is 13.2.